The highest BCUT2D eigenvalue weighted by Crippen LogP contribution is 2.44. The Balaban J connectivity index is 1.16. The fraction of sp³-hybridized carbons (Fsp3) is 0.389. The van der Waals surface area contributed by atoms with Crippen LogP contribution in [0.4, 0.5) is 0 Å². The number of methoxy groups -OCH3 is 1. The molecule has 0 radical (unpaired) electrons. The zero-order valence-corrected chi connectivity index (χ0v) is 25.8. The Morgan fingerprint density at radius 3 is 2.64 bits per heavy atom. The summed E-state index contributed by atoms with van der Waals surface area (Å²) in [6, 6.07) is 16.4. The third-order valence-corrected chi connectivity index (χ3v) is 10.9. The minimum atomic E-state index is -0.0309. The van der Waals surface area contributed by atoms with Gasteiger partial charge in [0.25, 0.3) is 11.8 Å². The summed E-state index contributed by atoms with van der Waals surface area (Å²) in [4.78, 5) is 38.6. The summed E-state index contributed by atoms with van der Waals surface area (Å²) in [5.41, 5.74) is 7.73. The first-order valence-electron chi connectivity index (χ1n) is 16.2. The van der Waals surface area contributed by atoms with Crippen LogP contribution >= 0.6 is 0 Å². The molecule has 4 aliphatic rings. The first kappa shape index (κ1) is 26.7. The van der Waals surface area contributed by atoms with Gasteiger partial charge in [-0.1, -0.05) is 19.1 Å². The van der Waals surface area contributed by atoms with Crippen molar-refractivity contribution in [3.8, 4) is 28.5 Å². The van der Waals surface area contributed by atoms with Crippen LogP contribution in [0.15, 0.2) is 48.5 Å². The topological polar surface area (TPSA) is 94.3 Å². The van der Waals surface area contributed by atoms with Gasteiger partial charge in [-0.2, -0.15) is 0 Å². The number of likely N-dealkylation sites (tertiary alicyclic amines) is 1. The normalized spacial score (nSPS) is 22.1. The van der Waals surface area contributed by atoms with Crippen LogP contribution in [0.25, 0.3) is 44.8 Å². The third-order valence-electron chi connectivity index (χ3n) is 10.9. The van der Waals surface area contributed by atoms with Crippen molar-refractivity contribution in [2.24, 2.45) is 24.8 Å². The molecule has 9 rings (SSSR count). The Morgan fingerprint density at radius 2 is 1.89 bits per heavy atom. The fourth-order valence-corrected chi connectivity index (χ4v) is 8.23. The van der Waals surface area contributed by atoms with Gasteiger partial charge in [-0.05, 0) is 85.4 Å². The van der Waals surface area contributed by atoms with E-state index in [0.29, 0.717) is 41.7 Å². The number of nitrogens with one attached hydrogen (secondary N) is 1. The van der Waals surface area contributed by atoms with Gasteiger partial charge in [0, 0.05) is 54.8 Å². The fourth-order valence-electron chi connectivity index (χ4n) is 8.23. The van der Waals surface area contributed by atoms with Gasteiger partial charge < -0.3 is 24.1 Å². The molecular weight excluding hydrogens is 564 g/mol. The molecule has 2 aromatic carbocycles. The van der Waals surface area contributed by atoms with Crippen LogP contribution in [-0.4, -0.2) is 55.5 Å². The number of pyridine rings is 1. The van der Waals surface area contributed by atoms with Crippen molar-refractivity contribution in [3.05, 3.63) is 65.2 Å². The molecule has 2 bridgehead atoms. The van der Waals surface area contributed by atoms with Crippen molar-refractivity contribution in [1.29, 1.82) is 0 Å². The maximum atomic E-state index is 13.8. The van der Waals surface area contributed by atoms with Gasteiger partial charge in [-0.3, -0.25) is 9.59 Å². The Morgan fingerprint density at radius 1 is 1.04 bits per heavy atom. The SMILES string of the molecule is COc1cc(C(=O)N2CC3CCC2[C@@H]3C)cc2nc(-c3cc4ccc(-c5cccc6c5CNC6=O)nc4n3CC3CC3)n(C)c12. The minimum absolute atomic E-state index is 0.0309. The standard InChI is InChI=1S/C36H36N6O3/c1-19-22-10-12-29(19)42(18-22)36(44)23-13-28-32(31(15-23)45-3)40(2)34(39-28)30-14-21-9-11-27(38-33(21)41(30)17-20-7-8-20)24-5-4-6-25-26(24)16-37-35(25)43/h4-6,9,11,13-15,19-20,22,29H,7-8,10,12,16-18H2,1-3H3,(H,37,43)/t19-,22?,29?/m1/s1. The lowest BCUT2D eigenvalue weighted by Gasteiger charge is -2.27. The van der Waals surface area contributed by atoms with Crippen LogP contribution in [0.2, 0.25) is 0 Å². The number of amides is 2. The zero-order chi connectivity index (χ0) is 30.6. The van der Waals surface area contributed by atoms with Crippen molar-refractivity contribution < 1.29 is 14.3 Å². The van der Waals surface area contributed by atoms with Gasteiger partial charge in [0.05, 0.1) is 24.0 Å². The summed E-state index contributed by atoms with van der Waals surface area (Å²) in [7, 11) is 3.68. The largest absolute Gasteiger partial charge is 0.494 e. The van der Waals surface area contributed by atoms with Gasteiger partial charge in [-0.25, -0.2) is 9.97 Å². The van der Waals surface area contributed by atoms with Crippen molar-refractivity contribution in [1.82, 2.24) is 29.3 Å². The van der Waals surface area contributed by atoms with Crippen molar-refractivity contribution >= 4 is 33.9 Å². The Hall–Kier alpha value is -4.66. The molecule has 2 aliphatic carbocycles. The van der Waals surface area contributed by atoms with E-state index in [4.69, 9.17) is 14.7 Å². The summed E-state index contributed by atoms with van der Waals surface area (Å²) < 4.78 is 10.3. The number of hydrogen-bond acceptors (Lipinski definition) is 5. The van der Waals surface area contributed by atoms with E-state index < -0.39 is 0 Å². The third kappa shape index (κ3) is 3.98. The van der Waals surface area contributed by atoms with Gasteiger partial charge in [0.1, 0.15) is 16.9 Å². The molecule has 45 heavy (non-hydrogen) atoms. The van der Waals surface area contributed by atoms with Crippen LogP contribution in [0.5, 0.6) is 5.75 Å². The molecule has 0 spiro atoms. The summed E-state index contributed by atoms with van der Waals surface area (Å²) in [5, 5.41) is 4.00. The summed E-state index contributed by atoms with van der Waals surface area (Å²) in [6.45, 7) is 4.51. The molecular formula is C36H36N6O3. The molecule has 9 heteroatoms. The predicted octanol–water partition coefficient (Wildman–Crippen LogP) is 5.79. The second-order valence-corrected chi connectivity index (χ2v) is 13.5. The van der Waals surface area contributed by atoms with E-state index in [-0.39, 0.29) is 11.8 Å². The molecule has 228 valence electrons. The van der Waals surface area contributed by atoms with E-state index in [1.165, 1.54) is 19.3 Å². The molecule has 5 aromatic rings. The average molecular weight is 601 g/mol. The molecule has 3 atom stereocenters. The number of nitrogens with zero attached hydrogens (tertiary/aromatic N) is 5. The summed E-state index contributed by atoms with van der Waals surface area (Å²) in [6.07, 6.45) is 4.72. The van der Waals surface area contributed by atoms with Gasteiger partial charge in [0.2, 0.25) is 0 Å². The number of ether oxygens (including phenoxy) is 1. The van der Waals surface area contributed by atoms with E-state index in [2.05, 4.69) is 38.4 Å². The van der Waals surface area contributed by atoms with Gasteiger partial charge >= 0.3 is 0 Å². The Labute approximate surface area is 261 Å². The van der Waals surface area contributed by atoms with Crippen LogP contribution in [0.3, 0.4) is 0 Å². The summed E-state index contributed by atoms with van der Waals surface area (Å²) >= 11 is 0. The number of fused-ring (bicyclic) bond motifs is 5. The van der Waals surface area contributed by atoms with Crippen molar-refractivity contribution in [2.75, 3.05) is 13.7 Å². The van der Waals surface area contributed by atoms with Crippen molar-refractivity contribution in [2.45, 2.75) is 51.7 Å². The predicted molar refractivity (Wildman–Crippen MR) is 172 cm³/mol. The van der Waals surface area contributed by atoms with Gasteiger partial charge in [-0.15, -0.1) is 0 Å². The lowest BCUT2D eigenvalue weighted by molar-refractivity contribution is 0.0695. The highest BCUT2D eigenvalue weighted by Gasteiger charge is 2.46. The molecule has 2 aliphatic heterocycles. The number of aromatic nitrogens is 4. The molecule has 9 nitrogen and oxygen atoms in total. The van der Waals surface area contributed by atoms with E-state index in [1.54, 1.807) is 7.11 Å². The van der Waals surface area contributed by atoms with Crippen LogP contribution in [0.1, 0.15) is 58.9 Å². The number of imidazole rings is 1. The van der Waals surface area contributed by atoms with Gasteiger partial charge in [0.15, 0.2) is 5.82 Å². The van der Waals surface area contributed by atoms with Crippen LogP contribution in [0, 0.1) is 17.8 Å². The maximum absolute atomic E-state index is 13.8. The summed E-state index contributed by atoms with van der Waals surface area (Å²) in [5.74, 6) is 3.29. The highest BCUT2D eigenvalue weighted by molar-refractivity contribution is 6.01. The number of carbonyl (C=O) groups is 2. The van der Waals surface area contributed by atoms with Crippen LogP contribution < -0.4 is 10.1 Å². The van der Waals surface area contributed by atoms with Crippen LogP contribution in [-0.2, 0) is 20.1 Å². The second kappa shape index (κ2) is 9.67. The maximum Gasteiger partial charge on any atom is 0.254 e. The molecule has 2 amide bonds. The molecule has 2 unspecified atom stereocenters. The second-order valence-electron chi connectivity index (χ2n) is 13.5. The lowest BCUT2D eigenvalue weighted by atomic mass is 10.0. The average Bonchev–Trinajstić information content (AvgIpc) is 3.27. The van der Waals surface area contributed by atoms with Crippen molar-refractivity contribution in [3.63, 3.8) is 0 Å². The number of piperidine rings is 1. The van der Waals surface area contributed by atoms with E-state index in [1.807, 2.05) is 43.4 Å². The highest BCUT2D eigenvalue weighted by atomic mass is 16.5. The molecule has 1 saturated heterocycles. The molecule has 2 saturated carbocycles. The first-order valence-corrected chi connectivity index (χ1v) is 16.2. The quantitative estimate of drug-likeness (QED) is 0.266. The Kier molecular flexibility index (Phi) is 5.74. The lowest BCUT2D eigenvalue weighted by Crippen LogP contribution is -2.38. The smallest absolute Gasteiger partial charge is 0.254 e. The zero-order valence-electron chi connectivity index (χ0n) is 25.8. The molecule has 3 aromatic heterocycles. The molecule has 5 heterocycles. The van der Waals surface area contributed by atoms with E-state index in [9.17, 15) is 9.59 Å². The number of rotatable bonds is 6. The molecule has 1 N–H and O–H groups in total. The molecule has 3 fully saturated rings. The minimum Gasteiger partial charge on any atom is -0.494 e. The van der Waals surface area contributed by atoms with E-state index >= 15 is 0 Å². The Bertz CT molecular complexity index is 2070. The first-order chi connectivity index (χ1) is 21.9. The number of hydrogen-bond donors (Lipinski definition) is 1. The van der Waals surface area contributed by atoms with E-state index in [0.717, 1.165) is 75.5 Å². The number of aryl methyl sites for hydroxylation is 1. The number of benzene rings is 2. The monoisotopic (exact) mass is 600 g/mol. The number of carbonyl (C=O) groups excluding carboxylic acids is 2.